The molecule has 0 aromatic heterocycles. The third-order valence-corrected chi connectivity index (χ3v) is 4.04. The molecule has 1 aliphatic carbocycles. The maximum Gasteiger partial charge on any atom is 0.191 e. The van der Waals surface area contributed by atoms with E-state index in [1.807, 2.05) is 0 Å². The molecule has 0 heterocycles. The van der Waals surface area contributed by atoms with Gasteiger partial charge in [-0.1, -0.05) is 26.7 Å². The molecule has 4 nitrogen and oxygen atoms in total. The highest BCUT2D eigenvalue weighted by Crippen LogP contribution is 2.18. The van der Waals surface area contributed by atoms with Crippen LogP contribution in [0.2, 0.25) is 0 Å². The van der Waals surface area contributed by atoms with Gasteiger partial charge in [0.05, 0.1) is 6.10 Å². The van der Waals surface area contributed by atoms with Crippen LogP contribution in [0, 0.1) is 5.92 Å². The number of aliphatic imine (C=N–C) groups is 1. The van der Waals surface area contributed by atoms with Gasteiger partial charge in [0, 0.05) is 19.1 Å². The first-order chi connectivity index (χ1) is 9.19. The Morgan fingerprint density at radius 2 is 1.75 bits per heavy atom. The third-order valence-electron chi connectivity index (χ3n) is 4.04. The van der Waals surface area contributed by atoms with Crippen LogP contribution >= 0.6 is 24.0 Å². The van der Waals surface area contributed by atoms with Crippen molar-refractivity contribution in [2.24, 2.45) is 10.9 Å². The molecule has 1 rings (SSSR count). The van der Waals surface area contributed by atoms with Gasteiger partial charge in [0.1, 0.15) is 0 Å². The number of guanidine groups is 1. The molecule has 0 radical (unpaired) electrons. The highest BCUT2D eigenvalue weighted by molar-refractivity contribution is 14.0. The van der Waals surface area contributed by atoms with E-state index in [-0.39, 0.29) is 30.1 Å². The summed E-state index contributed by atoms with van der Waals surface area (Å²) in [4.78, 5) is 4.70. The molecule has 3 N–H and O–H groups in total. The lowest BCUT2D eigenvalue weighted by atomic mass is 9.93. The van der Waals surface area contributed by atoms with E-state index in [9.17, 15) is 5.11 Å². The van der Waals surface area contributed by atoms with Gasteiger partial charge in [-0.3, -0.25) is 4.99 Å². The molecule has 5 heteroatoms. The number of nitrogens with one attached hydrogen (secondary N) is 2. The molecular weight excluding hydrogens is 365 g/mol. The molecule has 0 saturated heterocycles. The molecule has 0 unspecified atom stereocenters. The predicted octanol–water partition coefficient (Wildman–Crippen LogP) is 2.90. The van der Waals surface area contributed by atoms with Crippen molar-refractivity contribution in [1.82, 2.24) is 10.6 Å². The number of aliphatic hydroxyl groups excluding tert-OH is 1. The third kappa shape index (κ3) is 7.67. The van der Waals surface area contributed by atoms with Crippen LogP contribution in [-0.4, -0.2) is 36.3 Å². The molecule has 120 valence electrons. The monoisotopic (exact) mass is 397 g/mol. The van der Waals surface area contributed by atoms with Crippen molar-refractivity contribution in [1.29, 1.82) is 0 Å². The number of rotatable bonds is 6. The Bertz CT molecular complexity index is 262. The highest BCUT2D eigenvalue weighted by Gasteiger charge is 2.19. The van der Waals surface area contributed by atoms with Crippen LogP contribution < -0.4 is 10.6 Å². The molecule has 0 atom stereocenters. The zero-order valence-electron chi connectivity index (χ0n) is 13.2. The van der Waals surface area contributed by atoms with E-state index < -0.39 is 0 Å². The molecule has 20 heavy (non-hydrogen) atoms. The first kappa shape index (κ1) is 20.0. The molecule has 0 aromatic carbocycles. The topological polar surface area (TPSA) is 56.7 Å². The van der Waals surface area contributed by atoms with E-state index in [1.54, 1.807) is 0 Å². The lowest BCUT2D eigenvalue weighted by Crippen LogP contribution is -2.45. The first-order valence-electron chi connectivity index (χ1n) is 7.92. The quantitative estimate of drug-likeness (QED) is 0.367. The fraction of sp³-hybridized carbons (Fsp3) is 0.933. The van der Waals surface area contributed by atoms with Crippen LogP contribution in [0.5, 0.6) is 0 Å². The van der Waals surface area contributed by atoms with Crippen LogP contribution in [0.1, 0.15) is 59.3 Å². The van der Waals surface area contributed by atoms with Crippen LogP contribution in [0.4, 0.5) is 0 Å². The smallest absolute Gasteiger partial charge is 0.191 e. The maximum absolute atomic E-state index is 9.53. The Morgan fingerprint density at radius 1 is 1.15 bits per heavy atom. The lowest BCUT2D eigenvalue weighted by molar-refractivity contribution is 0.120. The van der Waals surface area contributed by atoms with Crippen LogP contribution in [0.15, 0.2) is 4.99 Å². The molecule has 1 aliphatic rings. The Labute approximate surface area is 141 Å². The summed E-state index contributed by atoms with van der Waals surface area (Å²) in [6, 6.07) is 0.461. The molecule has 0 amide bonds. The fourth-order valence-corrected chi connectivity index (χ4v) is 2.50. The minimum Gasteiger partial charge on any atom is -0.393 e. The van der Waals surface area contributed by atoms with Gasteiger partial charge in [-0.25, -0.2) is 0 Å². The maximum atomic E-state index is 9.53. The van der Waals surface area contributed by atoms with Crippen molar-refractivity contribution in [2.75, 3.05) is 13.1 Å². The van der Waals surface area contributed by atoms with Gasteiger partial charge in [0.2, 0.25) is 0 Å². The van der Waals surface area contributed by atoms with Gasteiger partial charge in [0.15, 0.2) is 5.96 Å². The number of hydrogen-bond acceptors (Lipinski definition) is 2. The highest BCUT2D eigenvalue weighted by atomic mass is 127. The largest absolute Gasteiger partial charge is 0.393 e. The average Bonchev–Trinajstić information content (AvgIpc) is 2.42. The predicted molar refractivity (Wildman–Crippen MR) is 96.9 cm³/mol. The minimum absolute atomic E-state index is 0. The molecule has 1 saturated carbocycles. The second-order valence-corrected chi connectivity index (χ2v) is 5.55. The van der Waals surface area contributed by atoms with Crippen LogP contribution in [0.25, 0.3) is 0 Å². The fourth-order valence-electron chi connectivity index (χ4n) is 2.50. The molecule has 0 spiro atoms. The molecular formula is C15H32IN3O. The Balaban J connectivity index is 0.00000361. The molecule has 1 fully saturated rings. The Morgan fingerprint density at radius 3 is 2.25 bits per heavy atom. The van der Waals surface area contributed by atoms with Crippen molar-refractivity contribution in [3.63, 3.8) is 0 Å². The number of hydrogen-bond donors (Lipinski definition) is 3. The molecule has 0 bridgehead atoms. The normalized spacial score (nSPS) is 23.4. The van der Waals surface area contributed by atoms with Gasteiger partial charge in [-0.05, 0) is 38.5 Å². The number of nitrogens with zero attached hydrogens (tertiary/aromatic N) is 1. The van der Waals surface area contributed by atoms with E-state index in [0.29, 0.717) is 12.0 Å². The first-order valence-corrected chi connectivity index (χ1v) is 7.92. The van der Waals surface area contributed by atoms with Crippen molar-refractivity contribution >= 4 is 29.9 Å². The summed E-state index contributed by atoms with van der Waals surface area (Å²) in [5.41, 5.74) is 0. The average molecular weight is 397 g/mol. The Kier molecular flexibility index (Phi) is 11.6. The van der Waals surface area contributed by atoms with Crippen molar-refractivity contribution in [3.05, 3.63) is 0 Å². The second kappa shape index (κ2) is 11.6. The van der Waals surface area contributed by atoms with E-state index in [2.05, 4.69) is 31.4 Å². The van der Waals surface area contributed by atoms with Crippen LogP contribution in [-0.2, 0) is 0 Å². The van der Waals surface area contributed by atoms with Gasteiger partial charge in [-0.15, -0.1) is 24.0 Å². The van der Waals surface area contributed by atoms with Gasteiger partial charge in [0.25, 0.3) is 0 Å². The minimum atomic E-state index is -0.0952. The zero-order chi connectivity index (χ0) is 14.1. The van der Waals surface area contributed by atoms with E-state index >= 15 is 0 Å². The Hall–Kier alpha value is -0.0400. The van der Waals surface area contributed by atoms with Gasteiger partial charge < -0.3 is 15.7 Å². The summed E-state index contributed by atoms with van der Waals surface area (Å²) in [5, 5.41) is 16.4. The van der Waals surface area contributed by atoms with Gasteiger partial charge in [-0.2, -0.15) is 0 Å². The summed E-state index contributed by atoms with van der Waals surface area (Å²) in [5.74, 6) is 1.62. The van der Waals surface area contributed by atoms with E-state index in [4.69, 9.17) is 4.99 Å². The van der Waals surface area contributed by atoms with Crippen LogP contribution in [0.3, 0.4) is 0 Å². The lowest BCUT2D eigenvalue weighted by Gasteiger charge is -2.27. The summed E-state index contributed by atoms with van der Waals surface area (Å²) >= 11 is 0. The van der Waals surface area contributed by atoms with E-state index in [0.717, 1.165) is 44.7 Å². The van der Waals surface area contributed by atoms with Gasteiger partial charge >= 0.3 is 0 Å². The zero-order valence-corrected chi connectivity index (χ0v) is 15.5. The summed E-state index contributed by atoms with van der Waals surface area (Å²) < 4.78 is 0. The van der Waals surface area contributed by atoms with Crippen molar-refractivity contribution < 1.29 is 5.11 Å². The van der Waals surface area contributed by atoms with Crippen molar-refractivity contribution in [3.8, 4) is 0 Å². The summed E-state index contributed by atoms with van der Waals surface area (Å²) in [6.45, 7) is 8.35. The molecule has 0 aliphatic heterocycles. The standard InChI is InChI=1S/C15H31N3O.HI/c1-4-12(5-2)11-17-15(16-6-3)18-13-7-9-14(19)10-8-13;/h12-14,19H,4-11H2,1-3H3,(H2,16,17,18);1H. The number of halogens is 1. The number of aliphatic hydroxyl groups is 1. The second-order valence-electron chi connectivity index (χ2n) is 5.55. The molecule has 0 aromatic rings. The van der Waals surface area contributed by atoms with E-state index in [1.165, 1.54) is 12.8 Å². The SMILES string of the molecule is CCNC(=NCC(CC)CC)NC1CCC(O)CC1.I. The van der Waals surface area contributed by atoms with Crippen molar-refractivity contribution in [2.45, 2.75) is 71.4 Å². The summed E-state index contributed by atoms with van der Waals surface area (Å²) in [7, 11) is 0. The summed E-state index contributed by atoms with van der Waals surface area (Å²) in [6.07, 6.45) is 6.17.